The lowest BCUT2D eigenvalue weighted by Crippen LogP contribution is -2.61. The standard InChI is InChI=1S/C12H22O11/c13-1-3-5(14)8(17)10(19)12(23-3)21-2-4-6(15)7(16)9(18)11(20)22-4/h3-20H,1-2H2/t3-,4-,5+,6-,7+,8+,9+,10-,11-,12-/m1/s1. The summed E-state index contributed by atoms with van der Waals surface area (Å²) in [6.07, 6.45) is -15.3. The van der Waals surface area contributed by atoms with E-state index in [9.17, 15) is 35.7 Å². The van der Waals surface area contributed by atoms with Gasteiger partial charge in [-0.1, -0.05) is 0 Å². The van der Waals surface area contributed by atoms with Crippen molar-refractivity contribution in [3.8, 4) is 0 Å². The van der Waals surface area contributed by atoms with Crippen molar-refractivity contribution in [1.82, 2.24) is 0 Å². The molecule has 2 aliphatic rings. The third-order valence-corrected chi connectivity index (χ3v) is 3.96. The average Bonchev–Trinajstić information content (AvgIpc) is 2.54. The maximum absolute atomic E-state index is 9.78. The summed E-state index contributed by atoms with van der Waals surface area (Å²) >= 11 is 0. The van der Waals surface area contributed by atoms with E-state index in [1.54, 1.807) is 0 Å². The van der Waals surface area contributed by atoms with Crippen LogP contribution in [0.5, 0.6) is 0 Å². The predicted molar refractivity (Wildman–Crippen MR) is 68.6 cm³/mol. The smallest absolute Gasteiger partial charge is 0.186 e. The highest BCUT2D eigenvalue weighted by Gasteiger charge is 2.46. The highest BCUT2D eigenvalue weighted by Crippen LogP contribution is 2.24. The van der Waals surface area contributed by atoms with Crippen LogP contribution < -0.4 is 0 Å². The van der Waals surface area contributed by atoms with Crippen molar-refractivity contribution in [3.63, 3.8) is 0 Å². The first-order valence-electron chi connectivity index (χ1n) is 7.07. The fourth-order valence-corrected chi connectivity index (χ4v) is 2.46. The molecule has 11 nitrogen and oxygen atoms in total. The van der Waals surface area contributed by atoms with E-state index in [4.69, 9.17) is 19.3 Å². The Balaban J connectivity index is 1.94. The number of rotatable bonds is 4. The lowest BCUT2D eigenvalue weighted by atomic mass is 9.98. The fourth-order valence-electron chi connectivity index (χ4n) is 2.46. The van der Waals surface area contributed by atoms with Crippen molar-refractivity contribution in [2.75, 3.05) is 13.2 Å². The molecule has 2 saturated heterocycles. The molecule has 23 heavy (non-hydrogen) atoms. The van der Waals surface area contributed by atoms with Crippen molar-refractivity contribution >= 4 is 0 Å². The van der Waals surface area contributed by atoms with Crippen LogP contribution >= 0.6 is 0 Å². The van der Waals surface area contributed by atoms with Crippen LogP contribution in [-0.4, -0.2) is 115 Å². The number of hydrogen-bond donors (Lipinski definition) is 8. The quantitative estimate of drug-likeness (QED) is 0.243. The van der Waals surface area contributed by atoms with Crippen LogP contribution in [0.1, 0.15) is 0 Å². The molecule has 0 saturated carbocycles. The Morgan fingerprint density at radius 2 is 1.22 bits per heavy atom. The van der Waals surface area contributed by atoms with E-state index in [1.165, 1.54) is 0 Å². The average molecular weight is 342 g/mol. The molecule has 0 bridgehead atoms. The lowest BCUT2D eigenvalue weighted by Gasteiger charge is -2.41. The Kier molecular flexibility index (Phi) is 6.27. The summed E-state index contributed by atoms with van der Waals surface area (Å²) in [5.41, 5.74) is 0. The normalized spacial score (nSPS) is 51.7. The molecule has 0 aromatic rings. The summed E-state index contributed by atoms with van der Waals surface area (Å²) in [5.74, 6) is 0. The second-order valence-electron chi connectivity index (χ2n) is 5.57. The molecule has 0 amide bonds. The predicted octanol–water partition coefficient (Wildman–Crippen LogP) is -5.40. The van der Waals surface area contributed by atoms with Crippen LogP contribution in [0, 0.1) is 0 Å². The Morgan fingerprint density at radius 3 is 1.83 bits per heavy atom. The van der Waals surface area contributed by atoms with Gasteiger partial charge >= 0.3 is 0 Å². The van der Waals surface area contributed by atoms with Gasteiger partial charge in [-0.25, -0.2) is 0 Å². The second-order valence-corrected chi connectivity index (χ2v) is 5.57. The van der Waals surface area contributed by atoms with Crippen LogP contribution in [0.2, 0.25) is 0 Å². The summed E-state index contributed by atoms with van der Waals surface area (Å²) in [5, 5.41) is 76.1. The van der Waals surface area contributed by atoms with Crippen molar-refractivity contribution in [2.45, 2.75) is 61.4 Å². The highest BCUT2D eigenvalue weighted by atomic mass is 16.7. The number of aliphatic hydroxyl groups excluding tert-OH is 8. The van der Waals surface area contributed by atoms with Crippen LogP contribution in [0.25, 0.3) is 0 Å². The molecule has 2 rings (SSSR count). The Hall–Kier alpha value is -0.440. The van der Waals surface area contributed by atoms with Crippen molar-refractivity contribution < 1.29 is 55.1 Å². The molecule has 8 N–H and O–H groups in total. The zero-order chi connectivity index (χ0) is 17.3. The van der Waals surface area contributed by atoms with Crippen LogP contribution in [0.4, 0.5) is 0 Å². The van der Waals surface area contributed by atoms with Crippen LogP contribution in [0.3, 0.4) is 0 Å². The van der Waals surface area contributed by atoms with E-state index in [1.807, 2.05) is 0 Å². The minimum Gasteiger partial charge on any atom is -0.394 e. The first-order chi connectivity index (χ1) is 10.8. The van der Waals surface area contributed by atoms with Gasteiger partial charge in [0.2, 0.25) is 0 Å². The van der Waals surface area contributed by atoms with Crippen LogP contribution in [0.15, 0.2) is 0 Å². The molecule has 2 fully saturated rings. The molecule has 10 atom stereocenters. The van der Waals surface area contributed by atoms with Crippen molar-refractivity contribution in [2.24, 2.45) is 0 Å². The minimum atomic E-state index is -1.74. The number of ether oxygens (including phenoxy) is 3. The van der Waals surface area contributed by atoms with E-state index in [2.05, 4.69) is 0 Å². The molecular weight excluding hydrogens is 320 g/mol. The molecule has 2 heterocycles. The van der Waals surface area contributed by atoms with E-state index in [0.717, 1.165) is 0 Å². The van der Waals surface area contributed by atoms with Gasteiger partial charge in [0.1, 0.15) is 48.8 Å². The van der Waals surface area contributed by atoms with Gasteiger partial charge in [-0.15, -0.1) is 0 Å². The Labute approximate surface area is 130 Å². The summed E-state index contributed by atoms with van der Waals surface area (Å²) < 4.78 is 15.1. The van der Waals surface area contributed by atoms with Crippen molar-refractivity contribution in [1.29, 1.82) is 0 Å². The third-order valence-electron chi connectivity index (χ3n) is 3.96. The van der Waals surface area contributed by atoms with Gasteiger partial charge in [0, 0.05) is 0 Å². The molecule has 2 aliphatic heterocycles. The molecule has 0 aliphatic carbocycles. The summed E-state index contributed by atoms with van der Waals surface area (Å²) in [6, 6.07) is 0. The lowest BCUT2D eigenvalue weighted by molar-refractivity contribution is -0.325. The maximum atomic E-state index is 9.78. The minimum absolute atomic E-state index is 0.468. The monoisotopic (exact) mass is 342 g/mol. The Bertz CT molecular complexity index is 380. The van der Waals surface area contributed by atoms with Gasteiger partial charge in [0.15, 0.2) is 12.6 Å². The van der Waals surface area contributed by atoms with Gasteiger partial charge in [-0.2, -0.15) is 0 Å². The largest absolute Gasteiger partial charge is 0.394 e. The fraction of sp³-hybridized carbons (Fsp3) is 1.00. The molecule has 136 valence electrons. The first kappa shape index (κ1) is 18.9. The van der Waals surface area contributed by atoms with Gasteiger partial charge in [-0.05, 0) is 0 Å². The van der Waals surface area contributed by atoms with Gasteiger partial charge in [0.25, 0.3) is 0 Å². The summed E-state index contributed by atoms with van der Waals surface area (Å²) in [4.78, 5) is 0. The van der Waals surface area contributed by atoms with E-state index >= 15 is 0 Å². The Morgan fingerprint density at radius 1 is 0.652 bits per heavy atom. The zero-order valence-corrected chi connectivity index (χ0v) is 12.0. The van der Waals surface area contributed by atoms with Gasteiger partial charge < -0.3 is 55.1 Å². The van der Waals surface area contributed by atoms with Crippen LogP contribution in [-0.2, 0) is 14.2 Å². The zero-order valence-electron chi connectivity index (χ0n) is 12.0. The molecule has 0 aromatic heterocycles. The summed E-state index contributed by atoms with van der Waals surface area (Å²) in [6.45, 7) is -1.10. The van der Waals surface area contributed by atoms with Gasteiger partial charge in [0.05, 0.1) is 13.2 Å². The molecule has 0 spiro atoms. The molecule has 11 heteroatoms. The molecule has 0 radical (unpaired) electrons. The number of aliphatic hydroxyl groups is 8. The van der Waals surface area contributed by atoms with Gasteiger partial charge in [-0.3, -0.25) is 0 Å². The SMILES string of the molecule is OC[C@H]1O[C@@H](OC[C@H]2O[C@@H](O)[C@@H](O)[C@@H](O)[C@@H]2O)[C@H](O)[C@@H](O)[C@H]1O. The van der Waals surface area contributed by atoms with Crippen molar-refractivity contribution in [3.05, 3.63) is 0 Å². The summed E-state index contributed by atoms with van der Waals surface area (Å²) in [7, 11) is 0. The second kappa shape index (κ2) is 7.63. The van der Waals surface area contributed by atoms with E-state index in [0.29, 0.717) is 0 Å². The third kappa shape index (κ3) is 3.81. The number of hydrogen-bond acceptors (Lipinski definition) is 11. The van der Waals surface area contributed by atoms with E-state index in [-0.39, 0.29) is 0 Å². The molecule has 0 aromatic carbocycles. The highest BCUT2D eigenvalue weighted by molar-refractivity contribution is 4.91. The topological polar surface area (TPSA) is 190 Å². The molecular formula is C12H22O11. The van der Waals surface area contributed by atoms with E-state index < -0.39 is 74.6 Å². The first-order valence-corrected chi connectivity index (χ1v) is 7.07. The maximum Gasteiger partial charge on any atom is 0.186 e. The molecule has 0 unspecified atom stereocenters.